The van der Waals surface area contributed by atoms with E-state index in [4.69, 9.17) is 20.4 Å². The molecule has 0 fully saturated rings. The molecule has 6 nitrogen and oxygen atoms in total. The van der Waals surface area contributed by atoms with Gasteiger partial charge in [0.05, 0.1) is 11.0 Å². The minimum atomic E-state index is 0.592. The zero-order valence-electron chi connectivity index (χ0n) is 28.0. The largest absolute Gasteiger partial charge is 0.355 e. The lowest BCUT2D eigenvalue weighted by molar-refractivity contribution is 1.07. The van der Waals surface area contributed by atoms with Crippen LogP contribution in [0, 0.1) is 5.41 Å². The summed E-state index contributed by atoms with van der Waals surface area (Å²) in [6.07, 6.45) is 5.44. The van der Waals surface area contributed by atoms with Crippen molar-refractivity contribution >= 4 is 39.4 Å². The molecule has 0 atom stereocenters. The summed E-state index contributed by atoms with van der Waals surface area (Å²) < 4.78 is 2.24. The Kier molecular flexibility index (Phi) is 9.33. The number of anilines is 2. The molecule has 8 rings (SSSR count). The summed E-state index contributed by atoms with van der Waals surface area (Å²) in [6.45, 7) is 4.00. The second-order valence-corrected chi connectivity index (χ2v) is 11.7. The van der Waals surface area contributed by atoms with E-state index in [0.29, 0.717) is 17.5 Å². The first kappa shape index (κ1) is 31.9. The van der Waals surface area contributed by atoms with Crippen molar-refractivity contribution in [1.82, 2.24) is 19.5 Å². The molecule has 0 aliphatic carbocycles. The molecule has 0 saturated carbocycles. The smallest absolute Gasteiger partial charge is 0.164 e. The van der Waals surface area contributed by atoms with Gasteiger partial charge in [0.1, 0.15) is 0 Å². The van der Waals surface area contributed by atoms with E-state index in [0.717, 1.165) is 61.1 Å². The van der Waals surface area contributed by atoms with Gasteiger partial charge in [-0.1, -0.05) is 127 Å². The number of aromatic nitrogens is 4. The molecule has 0 aliphatic heterocycles. The number of allylic oxidation sites excluding steroid dienone is 2. The van der Waals surface area contributed by atoms with Crippen molar-refractivity contribution in [3.05, 3.63) is 169 Å². The zero-order valence-corrected chi connectivity index (χ0v) is 28.0. The van der Waals surface area contributed by atoms with Crippen molar-refractivity contribution in [2.45, 2.75) is 13.8 Å². The van der Waals surface area contributed by atoms with Crippen LogP contribution in [0.5, 0.6) is 0 Å². The molecule has 2 aromatic heterocycles. The third-order valence-corrected chi connectivity index (χ3v) is 8.47. The van der Waals surface area contributed by atoms with Crippen molar-refractivity contribution in [2.24, 2.45) is 0 Å². The van der Waals surface area contributed by atoms with E-state index in [1.54, 1.807) is 0 Å². The highest BCUT2D eigenvalue weighted by molar-refractivity contribution is 6.16. The van der Waals surface area contributed by atoms with Crippen LogP contribution < -0.4 is 5.32 Å². The normalized spacial score (nSPS) is 11.0. The third-order valence-electron chi connectivity index (χ3n) is 8.47. The SMILES string of the molecule is C/C=C\C.N=Cc1c(Nc2ccccc2)ccc2c3ccccc3n(-c3cccc(-c4nc(-c5ccccc5)nc(-c5ccccc5)n4)c3)c12. The molecule has 0 amide bonds. The summed E-state index contributed by atoms with van der Waals surface area (Å²) in [7, 11) is 0. The van der Waals surface area contributed by atoms with E-state index in [1.807, 2.05) is 129 Å². The Labute approximate surface area is 292 Å². The number of rotatable bonds is 7. The van der Waals surface area contributed by atoms with E-state index in [1.165, 1.54) is 6.21 Å². The minimum absolute atomic E-state index is 0.592. The summed E-state index contributed by atoms with van der Waals surface area (Å²) in [5, 5.41) is 14.3. The first-order chi connectivity index (χ1) is 24.7. The first-order valence-corrected chi connectivity index (χ1v) is 16.6. The van der Waals surface area contributed by atoms with E-state index in [2.05, 4.69) is 58.4 Å². The van der Waals surface area contributed by atoms with Gasteiger partial charge in [0.25, 0.3) is 0 Å². The second kappa shape index (κ2) is 14.6. The lowest BCUT2D eigenvalue weighted by atomic mass is 10.1. The Bertz CT molecular complexity index is 2370. The average molecular weight is 649 g/mol. The lowest BCUT2D eigenvalue weighted by Gasteiger charge is -2.15. The Hall–Kier alpha value is -6.66. The summed E-state index contributed by atoms with van der Waals surface area (Å²) in [6, 6.07) is 50.9. The number of hydrogen-bond donors (Lipinski definition) is 2. The van der Waals surface area contributed by atoms with Crippen molar-refractivity contribution in [2.75, 3.05) is 5.32 Å². The van der Waals surface area contributed by atoms with Gasteiger partial charge in [-0.15, -0.1) is 0 Å². The van der Waals surface area contributed by atoms with Crippen LogP contribution in [-0.2, 0) is 0 Å². The molecule has 2 heterocycles. The molecule has 0 spiro atoms. The van der Waals surface area contributed by atoms with Gasteiger partial charge in [0.2, 0.25) is 0 Å². The average Bonchev–Trinajstić information content (AvgIpc) is 3.53. The molecule has 0 radical (unpaired) electrons. The minimum Gasteiger partial charge on any atom is -0.355 e. The van der Waals surface area contributed by atoms with Crippen LogP contribution >= 0.6 is 0 Å². The number of nitrogens with zero attached hydrogens (tertiary/aromatic N) is 4. The van der Waals surface area contributed by atoms with Crippen molar-refractivity contribution in [1.29, 1.82) is 5.41 Å². The van der Waals surface area contributed by atoms with E-state index < -0.39 is 0 Å². The predicted octanol–water partition coefficient (Wildman–Crippen LogP) is 11.3. The maximum Gasteiger partial charge on any atom is 0.164 e. The Morgan fingerprint density at radius 2 is 1.08 bits per heavy atom. The zero-order chi connectivity index (χ0) is 34.3. The van der Waals surface area contributed by atoms with Gasteiger partial charge < -0.3 is 15.3 Å². The fourth-order valence-corrected chi connectivity index (χ4v) is 6.01. The number of para-hydroxylation sites is 2. The van der Waals surface area contributed by atoms with Crippen LogP contribution in [0.2, 0.25) is 0 Å². The van der Waals surface area contributed by atoms with Gasteiger partial charge in [-0.25, -0.2) is 15.0 Å². The topological polar surface area (TPSA) is 79.5 Å². The van der Waals surface area contributed by atoms with Gasteiger partial charge in [-0.3, -0.25) is 0 Å². The van der Waals surface area contributed by atoms with Gasteiger partial charge in [-0.2, -0.15) is 0 Å². The molecule has 0 unspecified atom stereocenters. The Morgan fingerprint density at radius 3 is 1.68 bits per heavy atom. The number of nitrogens with one attached hydrogen (secondary N) is 2. The van der Waals surface area contributed by atoms with Crippen molar-refractivity contribution < 1.29 is 0 Å². The highest BCUT2D eigenvalue weighted by atomic mass is 15.0. The van der Waals surface area contributed by atoms with E-state index in [9.17, 15) is 0 Å². The molecule has 0 saturated heterocycles. The Balaban J connectivity index is 0.000000932. The van der Waals surface area contributed by atoms with Crippen LogP contribution in [0.15, 0.2) is 164 Å². The molecule has 2 N–H and O–H groups in total. The maximum absolute atomic E-state index is 8.55. The van der Waals surface area contributed by atoms with E-state index in [-0.39, 0.29) is 0 Å². The number of hydrogen-bond acceptors (Lipinski definition) is 5. The summed E-state index contributed by atoms with van der Waals surface area (Å²) in [5.74, 6) is 1.83. The molecular formula is C44H36N6. The summed E-state index contributed by atoms with van der Waals surface area (Å²) in [5.41, 5.74) is 8.33. The lowest BCUT2D eigenvalue weighted by Crippen LogP contribution is -2.02. The molecule has 0 aliphatic rings. The third kappa shape index (κ3) is 6.42. The van der Waals surface area contributed by atoms with Crippen LogP contribution in [0.3, 0.4) is 0 Å². The highest BCUT2D eigenvalue weighted by Gasteiger charge is 2.19. The van der Waals surface area contributed by atoms with Gasteiger partial charge >= 0.3 is 0 Å². The fraction of sp³-hybridized carbons (Fsp3) is 0.0455. The quantitative estimate of drug-likeness (QED) is 0.133. The summed E-state index contributed by atoms with van der Waals surface area (Å²) in [4.78, 5) is 14.8. The van der Waals surface area contributed by atoms with Crippen LogP contribution in [-0.4, -0.2) is 25.7 Å². The molecule has 8 aromatic rings. The molecule has 6 heteroatoms. The predicted molar refractivity (Wildman–Crippen MR) is 209 cm³/mol. The molecule has 0 bridgehead atoms. The number of fused-ring (bicyclic) bond motifs is 3. The molecule has 6 aromatic carbocycles. The first-order valence-electron chi connectivity index (χ1n) is 16.6. The number of benzene rings is 6. The van der Waals surface area contributed by atoms with Crippen LogP contribution in [0.25, 0.3) is 61.7 Å². The molecule has 50 heavy (non-hydrogen) atoms. The Morgan fingerprint density at radius 1 is 0.540 bits per heavy atom. The second-order valence-electron chi connectivity index (χ2n) is 11.7. The van der Waals surface area contributed by atoms with Crippen LogP contribution in [0.1, 0.15) is 19.4 Å². The standard InChI is InChI=1S/C40H28N6.C4H8/c41-26-34-35(42-30-18-8-3-9-19-30)24-23-33-32-21-10-11-22-36(32)46(37(33)34)31-20-12-17-29(25-31)40-44-38(27-13-4-1-5-14-27)43-39(45-40)28-15-6-2-7-16-28;1-3-4-2/h1-26,41-42H;3-4H,1-2H3/b;4-3-. The van der Waals surface area contributed by atoms with Gasteiger partial charge in [0.15, 0.2) is 17.5 Å². The van der Waals surface area contributed by atoms with Crippen molar-refractivity contribution in [3.8, 4) is 39.9 Å². The molecule has 242 valence electrons. The van der Waals surface area contributed by atoms with E-state index >= 15 is 0 Å². The maximum atomic E-state index is 8.55. The monoisotopic (exact) mass is 648 g/mol. The van der Waals surface area contributed by atoms with Gasteiger partial charge in [0, 0.05) is 56.3 Å². The fourth-order valence-electron chi connectivity index (χ4n) is 6.01. The molecular weight excluding hydrogens is 613 g/mol. The van der Waals surface area contributed by atoms with Gasteiger partial charge in [-0.05, 0) is 50.2 Å². The van der Waals surface area contributed by atoms with Crippen LogP contribution in [0.4, 0.5) is 11.4 Å². The summed E-state index contributed by atoms with van der Waals surface area (Å²) >= 11 is 0. The van der Waals surface area contributed by atoms with Crippen molar-refractivity contribution in [3.63, 3.8) is 0 Å². The highest BCUT2D eigenvalue weighted by Crippen LogP contribution is 2.38.